The molecule has 0 fully saturated rings. The van der Waals surface area contributed by atoms with Gasteiger partial charge in [-0.3, -0.25) is 4.79 Å². The minimum atomic E-state index is -0.436. The van der Waals surface area contributed by atoms with Crippen LogP contribution in [0.1, 0.15) is 5.56 Å². The zero-order valence-corrected chi connectivity index (χ0v) is 11.0. The Morgan fingerprint density at radius 2 is 2.11 bits per heavy atom. The molecule has 2 aromatic rings. The summed E-state index contributed by atoms with van der Waals surface area (Å²) in [5.74, 6) is -0.778. The molecule has 0 unspecified atom stereocenters. The monoisotopic (exact) mass is 264 g/mol. The molecule has 2 nitrogen and oxygen atoms in total. The van der Waals surface area contributed by atoms with Gasteiger partial charge in [-0.05, 0) is 29.3 Å². The van der Waals surface area contributed by atoms with Crippen LogP contribution in [-0.2, 0) is 16.0 Å². The molecule has 0 atom stereocenters. The van der Waals surface area contributed by atoms with Crippen LogP contribution in [-0.4, -0.2) is 19.3 Å². The summed E-state index contributed by atoms with van der Waals surface area (Å²) in [5, 5.41) is 1.38. The fourth-order valence-corrected chi connectivity index (χ4v) is 2.26. The molecule has 0 saturated carbocycles. The number of esters is 1. The van der Waals surface area contributed by atoms with Gasteiger partial charge in [-0.25, -0.2) is 4.39 Å². The Hall–Kier alpha value is -1.55. The van der Waals surface area contributed by atoms with Gasteiger partial charge in [0.05, 0.1) is 13.5 Å². The highest BCUT2D eigenvalue weighted by atomic mass is 32.2. The van der Waals surface area contributed by atoms with Crippen molar-refractivity contribution in [2.75, 3.05) is 13.4 Å². The Bertz CT molecular complexity index is 596. The highest BCUT2D eigenvalue weighted by Gasteiger charge is 2.11. The van der Waals surface area contributed by atoms with Crippen LogP contribution < -0.4 is 0 Å². The summed E-state index contributed by atoms with van der Waals surface area (Å²) in [4.78, 5) is 12.3. The van der Waals surface area contributed by atoms with Gasteiger partial charge in [0, 0.05) is 10.3 Å². The fourth-order valence-electron chi connectivity index (χ4n) is 1.81. The van der Waals surface area contributed by atoms with Gasteiger partial charge in [0.15, 0.2) is 0 Å². The number of ether oxygens (including phenoxy) is 1. The van der Waals surface area contributed by atoms with E-state index in [2.05, 4.69) is 4.74 Å². The Balaban J connectivity index is 2.47. The van der Waals surface area contributed by atoms with Crippen LogP contribution in [0, 0.1) is 5.82 Å². The van der Waals surface area contributed by atoms with Crippen molar-refractivity contribution in [1.82, 2.24) is 0 Å². The molecule has 0 amide bonds. The maximum Gasteiger partial charge on any atom is 0.310 e. The van der Waals surface area contributed by atoms with Crippen LogP contribution in [0.25, 0.3) is 10.8 Å². The number of hydrogen-bond donors (Lipinski definition) is 0. The average Bonchev–Trinajstić information content (AvgIpc) is 2.41. The van der Waals surface area contributed by atoms with Crippen molar-refractivity contribution in [1.29, 1.82) is 0 Å². The first-order valence-corrected chi connectivity index (χ1v) is 6.70. The summed E-state index contributed by atoms with van der Waals surface area (Å²) in [6, 6.07) is 9.02. The highest BCUT2D eigenvalue weighted by molar-refractivity contribution is 7.98. The largest absolute Gasteiger partial charge is 0.469 e. The number of carbonyl (C=O) groups excluding carboxylic acids is 1. The average molecular weight is 264 g/mol. The van der Waals surface area contributed by atoms with Gasteiger partial charge in [-0.1, -0.05) is 18.2 Å². The van der Waals surface area contributed by atoms with Gasteiger partial charge in [0.25, 0.3) is 0 Å². The van der Waals surface area contributed by atoms with Crippen LogP contribution in [0.5, 0.6) is 0 Å². The maximum atomic E-state index is 14.2. The number of thioether (sulfide) groups is 1. The van der Waals surface area contributed by atoms with E-state index >= 15 is 0 Å². The molecule has 0 saturated heterocycles. The second-order valence-corrected chi connectivity index (χ2v) is 4.76. The zero-order chi connectivity index (χ0) is 13.1. The zero-order valence-electron chi connectivity index (χ0n) is 10.2. The molecule has 4 heteroatoms. The van der Waals surface area contributed by atoms with Crippen LogP contribution in [0.2, 0.25) is 0 Å². The van der Waals surface area contributed by atoms with Gasteiger partial charge in [-0.15, -0.1) is 11.8 Å². The second kappa shape index (κ2) is 5.40. The van der Waals surface area contributed by atoms with E-state index in [0.717, 1.165) is 10.3 Å². The predicted octanol–water partition coefficient (Wildman–Crippen LogP) is 3.42. The standard InChI is InChI=1S/C14H13FO2S/c1-17-13(16)8-10-4-3-9-7-11(18-2)5-6-12(9)14(10)15/h3-7H,8H2,1-2H3. The summed E-state index contributed by atoms with van der Waals surface area (Å²) < 4.78 is 18.7. The molecule has 0 bridgehead atoms. The Morgan fingerprint density at radius 1 is 1.33 bits per heavy atom. The van der Waals surface area contributed by atoms with Crippen molar-refractivity contribution in [2.45, 2.75) is 11.3 Å². The van der Waals surface area contributed by atoms with E-state index < -0.39 is 5.97 Å². The molecule has 0 aliphatic rings. The van der Waals surface area contributed by atoms with E-state index in [1.807, 2.05) is 24.5 Å². The SMILES string of the molecule is COC(=O)Cc1ccc2cc(SC)ccc2c1F. The number of carbonyl (C=O) groups is 1. The van der Waals surface area contributed by atoms with Gasteiger partial charge in [-0.2, -0.15) is 0 Å². The highest BCUT2D eigenvalue weighted by Crippen LogP contribution is 2.26. The van der Waals surface area contributed by atoms with Crippen molar-refractivity contribution in [2.24, 2.45) is 0 Å². The van der Waals surface area contributed by atoms with Gasteiger partial charge < -0.3 is 4.74 Å². The van der Waals surface area contributed by atoms with E-state index in [0.29, 0.717) is 10.9 Å². The number of fused-ring (bicyclic) bond motifs is 1. The Kier molecular flexibility index (Phi) is 3.87. The maximum absolute atomic E-state index is 14.2. The summed E-state index contributed by atoms with van der Waals surface area (Å²) in [6.45, 7) is 0. The molecule has 0 aliphatic heterocycles. The van der Waals surface area contributed by atoms with E-state index in [1.165, 1.54) is 7.11 Å². The topological polar surface area (TPSA) is 26.3 Å². The molecule has 0 spiro atoms. The molecular formula is C14H13FO2S. The van der Waals surface area contributed by atoms with Crippen molar-refractivity contribution < 1.29 is 13.9 Å². The van der Waals surface area contributed by atoms with E-state index in [4.69, 9.17) is 0 Å². The number of halogens is 1. The lowest BCUT2D eigenvalue weighted by atomic mass is 10.0. The Morgan fingerprint density at radius 3 is 2.78 bits per heavy atom. The van der Waals surface area contributed by atoms with E-state index in [9.17, 15) is 9.18 Å². The fraction of sp³-hybridized carbons (Fsp3) is 0.214. The third kappa shape index (κ3) is 2.48. The number of rotatable bonds is 3. The number of methoxy groups -OCH3 is 1. The van der Waals surface area contributed by atoms with Crippen molar-refractivity contribution in [3.8, 4) is 0 Å². The van der Waals surface area contributed by atoms with Crippen LogP contribution in [0.3, 0.4) is 0 Å². The van der Waals surface area contributed by atoms with Crippen molar-refractivity contribution in [3.05, 3.63) is 41.7 Å². The quantitative estimate of drug-likeness (QED) is 0.627. The summed E-state index contributed by atoms with van der Waals surface area (Å²) in [6.07, 6.45) is 1.94. The molecule has 94 valence electrons. The minimum Gasteiger partial charge on any atom is -0.469 e. The molecule has 2 aromatic carbocycles. The first-order chi connectivity index (χ1) is 8.65. The van der Waals surface area contributed by atoms with E-state index in [1.54, 1.807) is 23.9 Å². The molecule has 2 rings (SSSR count). The van der Waals surface area contributed by atoms with Crippen molar-refractivity contribution in [3.63, 3.8) is 0 Å². The molecule has 0 aromatic heterocycles. The van der Waals surface area contributed by atoms with Crippen LogP contribution in [0.4, 0.5) is 4.39 Å². The second-order valence-electron chi connectivity index (χ2n) is 3.88. The lowest BCUT2D eigenvalue weighted by Crippen LogP contribution is -2.06. The smallest absolute Gasteiger partial charge is 0.310 e. The minimum absolute atomic E-state index is 0.0391. The normalized spacial score (nSPS) is 10.6. The van der Waals surface area contributed by atoms with Crippen LogP contribution >= 0.6 is 11.8 Å². The first kappa shape index (κ1) is 12.9. The predicted molar refractivity (Wildman–Crippen MR) is 71.4 cm³/mol. The first-order valence-electron chi connectivity index (χ1n) is 5.47. The number of benzene rings is 2. The third-order valence-corrected chi connectivity index (χ3v) is 3.53. The lowest BCUT2D eigenvalue weighted by molar-refractivity contribution is -0.139. The van der Waals surface area contributed by atoms with Gasteiger partial charge >= 0.3 is 5.97 Å². The molecule has 0 radical (unpaired) electrons. The van der Waals surface area contributed by atoms with Crippen LogP contribution in [0.15, 0.2) is 35.2 Å². The molecule has 0 heterocycles. The molecular weight excluding hydrogens is 251 g/mol. The summed E-state index contributed by atoms with van der Waals surface area (Å²) in [5.41, 5.74) is 0.367. The molecule has 18 heavy (non-hydrogen) atoms. The van der Waals surface area contributed by atoms with Crippen molar-refractivity contribution >= 4 is 28.5 Å². The third-order valence-electron chi connectivity index (χ3n) is 2.80. The number of hydrogen-bond acceptors (Lipinski definition) is 3. The molecule has 0 aliphatic carbocycles. The van der Waals surface area contributed by atoms with Gasteiger partial charge in [0.2, 0.25) is 0 Å². The van der Waals surface area contributed by atoms with Gasteiger partial charge in [0.1, 0.15) is 5.82 Å². The summed E-state index contributed by atoms with van der Waals surface area (Å²) >= 11 is 1.61. The van der Waals surface area contributed by atoms with E-state index in [-0.39, 0.29) is 12.2 Å². The Labute approximate surface area is 109 Å². The lowest BCUT2D eigenvalue weighted by Gasteiger charge is -2.07. The molecule has 0 N–H and O–H groups in total. The summed E-state index contributed by atoms with van der Waals surface area (Å²) in [7, 11) is 1.30.